The van der Waals surface area contributed by atoms with E-state index < -0.39 is 0 Å². The Balaban J connectivity index is 3.20. The van der Waals surface area contributed by atoms with Gasteiger partial charge in [-0.2, -0.15) is 0 Å². The van der Waals surface area contributed by atoms with Crippen LogP contribution in [-0.4, -0.2) is 12.6 Å². The van der Waals surface area contributed by atoms with E-state index in [4.69, 9.17) is 17.3 Å². The molecule has 1 aromatic carbocycles. The smallest absolute Gasteiger partial charge is 0.0643 e. The molecule has 2 nitrogen and oxygen atoms in total. The fourth-order valence-corrected chi connectivity index (χ4v) is 2.13. The lowest BCUT2D eigenvalue weighted by atomic mass is 10.1. The molecule has 0 aliphatic rings. The Morgan fingerprint density at radius 2 is 2.07 bits per heavy atom. The maximum absolute atomic E-state index is 6.23. The molecule has 0 radical (unpaired) electrons. The number of hydrogen-bond acceptors (Lipinski definition) is 2. The molecule has 2 N–H and O–H groups in total. The van der Waals surface area contributed by atoms with Crippen LogP contribution in [0.2, 0.25) is 5.02 Å². The van der Waals surface area contributed by atoms with E-state index in [1.807, 2.05) is 18.2 Å². The van der Waals surface area contributed by atoms with Gasteiger partial charge >= 0.3 is 0 Å². The highest BCUT2D eigenvalue weighted by Crippen LogP contribution is 2.30. The van der Waals surface area contributed by atoms with Crippen molar-refractivity contribution in [2.45, 2.75) is 33.4 Å². The summed E-state index contributed by atoms with van der Waals surface area (Å²) in [5, 5.41) is 0.786. The van der Waals surface area contributed by atoms with Crippen LogP contribution >= 0.6 is 11.6 Å². The second-order valence-electron chi connectivity index (χ2n) is 3.83. The summed E-state index contributed by atoms with van der Waals surface area (Å²) in [7, 11) is 0. The van der Waals surface area contributed by atoms with Crippen LogP contribution in [0.3, 0.4) is 0 Å². The van der Waals surface area contributed by atoms with Crippen molar-refractivity contribution in [3.05, 3.63) is 28.8 Å². The highest BCUT2D eigenvalue weighted by Gasteiger charge is 2.15. The molecule has 0 fully saturated rings. The van der Waals surface area contributed by atoms with Crippen LogP contribution in [0.5, 0.6) is 0 Å². The highest BCUT2D eigenvalue weighted by molar-refractivity contribution is 6.33. The summed E-state index contributed by atoms with van der Waals surface area (Å²) in [6.07, 6.45) is 0. The van der Waals surface area contributed by atoms with Crippen LogP contribution < -0.4 is 10.6 Å². The summed E-state index contributed by atoms with van der Waals surface area (Å²) in [4.78, 5) is 2.27. The zero-order chi connectivity index (χ0) is 11.4. The molecule has 0 atom stereocenters. The number of nitrogens with zero attached hydrogens (tertiary/aromatic N) is 1. The molecule has 3 heteroatoms. The lowest BCUT2D eigenvalue weighted by molar-refractivity contribution is 0.699. The second-order valence-corrected chi connectivity index (χ2v) is 4.24. The Labute approximate surface area is 97.0 Å². The number of para-hydroxylation sites is 1. The number of hydrogen-bond donors (Lipinski definition) is 1. The third-order valence-electron chi connectivity index (χ3n) is 2.54. The predicted octanol–water partition coefficient (Wildman–Crippen LogP) is 3.03. The summed E-state index contributed by atoms with van der Waals surface area (Å²) >= 11 is 6.23. The van der Waals surface area contributed by atoms with Crippen LogP contribution in [0, 0.1) is 0 Å². The number of benzene rings is 1. The van der Waals surface area contributed by atoms with Crippen LogP contribution in [0.1, 0.15) is 26.3 Å². The largest absolute Gasteiger partial charge is 0.368 e. The van der Waals surface area contributed by atoms with Gasteiger partial charge < -0.3 is 10.6 Å². The Morgan fingerprint density at radius 3 is 2.53 bits per heavy atom. The van der Waals surface area contributed by atoms with Gasteiger partial charge in [-0.25, -0.2) is 0 Å². The van der Waals surface area contributed by atoms with Gasteiger partial charge in [0.1, 0.15) is 0 Å². The minimum absolute atomic E-state index is 0.431. The lowest BCUT2D eigenvalue weighted by Crippen LogP contribution is -2.31. The van der Waals surface area contributed by atoms with E-state index in [0.29, 0.717) is 12.6 Å². The molecule has 1 rings (SSSR count). The summed E-state index contributed by atoms with van der Waals surface area (Å²) in [6, 6.07) is 6.33. The van der Waals surface area contributed by atoms with Crippen molar-refractivity contribution in [3.8, 4) is 0 Å². The predicted molar refractivity (Wildman–Crippen MR) is 67.5 cm³/mol. The first kappa shape index (κ1) is 12.3. The van der Waals surface area contributed by atoms with Crippen molar-refractivity contribution in [2.75, 3.05) is 11.4 Å². The van der Waals surface area contributed by atoms with Gasteiger partial charge in [-0.1, -0.05) is 23.7 Å². The fourth-order valence-electron chi connectivity index (χ4n) is 1.83. The van der Waals surface area contributed by atoms with E-state index in [0.717, 1.165) is 22.8 Å². The van der Waals surface area contributed by atoms with Crippen LogP contribution in [0.25, 0.3) is 0 Å². The molecule has 0 unspecified atom stereocenters. The van der Waals surface area contributed by atoms with Crippen molar-refractivity contribution < 1.29 is 0 Å². The molecule has 0 saturated heterocycles. The fraction of sp³-hybridized carbons (Fsp3) is 0.500. The number of rotatable bonds is 4. The van der Waals surface area contributed by atoms with Gasteiger partial charge in [-0.05, 0) is 32.4 Å². The molecule has 0 aromatic heterocycles. The highest BCUT2D eigenvalue weighted by atomic mass is 35.5. The van der Waals surface area contributed by atoms with Crippen LogP contribution in [-0.2, 0) is 6.54 Å². The Kier molecular flexibility index (Phi) is 4.43. The number of nitrogens with two attached hydrogens (primary N) is 1. The maximum atomic E-state index is 6.23. The first-order chi connectivity index (χ1) is 7.11. The molecule has 15 heavy (non-hydrogen) atoms. The molecule has 1 aromatic rings. The number of anilines is 1. The number of halogens is 1. The quantitative estimate of drug-likeness (QED) is 0.855. The van der Waals surface area contributed by atoms with E-state index in [1.165, 1.54) is 0 Å². The monoisotopic (exact) mass is 226 g/mol. The van der Waals surface area contributed by atoms with Gasteiger partial charge in [-0.15, -0.1) is 0 Å². The van der Waals surface area contributed by atoms with E-state index in [1.54, 1.807) is 0 Å². The molecule has 0 aliphatic heterocycles. The summed E-state index contributed by atoms with van der Waals surface area (Å²) in [6.45, 7) is 7.91. The molecule has 0 saturated carbocycles. The molecule has 84 valence electrons. The topological polar surface area (TPSA) is 29.3 Å². The molecule has 0 amide bonds. The summed E-state index contributed by atoms with van der Waals surface area (Å²) in [5.74, 6) is 0. The van der Waals surface area contributed by atoms with Gasteiger partial charge in [0, 0.05) is 19.1 Å². The first-order valence-corrected chi connectivity index (χ1v) is 5.73. The van der Waals surface area contributed by atoms with E-state index in [-0.39, 0.29) is 0 Å². The van der Waals surface area contributed by atoms with E-state index >= 15 is 0 Å². The third-order valence-corrected chi connectivity index (χ3v) is 2.85. The zero-order valence-corrected chi connectivity index (χ0v) is 10.4. The molecule has 0 heterocycles. The lowest BCUT2D eigenvalue weighted by Gasteiger charge is -2.30. The molecule has 0 aliphatic carbocycles. The van der Waals surface area contributed by atoms with E-state index in [9.17, 15) is 0 Å². The van der Waals surface area contributed by atoms with Crippen molar-refractivity contribution in [3.63, 3.8) is 0 Å². The van der Waals surface area contributed by atoms with Crippen molar-refractivity contribution in [1.82, 2.24) is 0 Å². The Morgan fingerprint density at radius 1 is 1.40 bits per heavy atom. The SMILES string of the molecule is CCN(c1c(Cl)cccc1CN)C(C)C. The van der Waals surface area contributed by atoms with Crippen molar-refractivity contribution in [2.24, 2.45) is 5.73 Å². The average Bonchev–Trinajstić information content (AvgIpc) is 2.21. The van der Waals surface area contributed by atoms with Crippen LogP contribution in [0.4, 0.5) is 5.69 Å². The Bertz CT molecular complexity index is 323. The maximum Gasteiger partial charge on any atom is 0.0643 e. The van der Waals surface area contributed by atoms with Gasteiger partial charge in [-0.3, -0.25) is 0 Å². The van der Waals surface area contributed by atoms with Gasteiger partial charge in [0.25, 0.3) is 0 Å². The van der Waals surface area contributed by atoms with Gasteiger partial charge in [0.05, 0.1) is 10.7 Å². The zero-order valence-electron chi connectivity index (χ0n) is 9.63. The van der Waals surface area contributed by atoms with Gasteiger partial charge in [0.15, 0.2) is 0 Å². The van der Waals surface area contributed by atoms with E-state index in [2.05, 4.69) is 25.7 Å². The molecular weight excluding hydrogens is 208 g/mol. The standard InChI is InChI=1S/C12H19ClN2/c1-4-15(9(2)3)12-10(8-14)6-5-7-11(12)13/h5-7,9H,4,8,14H2,1-3H3. The molecule has 0 bridgehead atoms. The van der Waals surface area contributed by atoms with Crippen LogP contribution in [0.15, 0.2) is 18.2 Å². The van der Waals surface area contributed by atoms with Gasteiger partial charge in [0.2, 0.25) is 0 Å². The average molecular weight is 227 g/mol. The van der Waals surface area contributed by atoms with Crippen molar-refractivity contribution in [1.29, 1.82) is 0 Å². The minimum atomic E-state index is 0.431. The third kappa shape index (κ3) is 2.64. The molecular formula is C12H19ClN2. The first-order valence-electron chi connectivity index (χ1n) is 5.35. The summed E-state index contributed by atoms with van der Waals surface area (Å²) < 4.78 is 0. The molecule has 0 spiro atoms. The Hall–Kier alpha value is -0.730. The minimum Gasteiger partial charge on any atom is -0.368 e. The second kappa shape index (κ2) is 5.38. The summed E-state index contributed by atoms with van der Waals surface area (Å²) in [5.41, 5.74) is 7.92. The van der Waals surface area contributed by atoms with Crippen molar-refractivity contribution >= 4 is 17.3 Å². The normalized spacial score (nSPS) is 10.8.